The SMILES string of the molecule is C=CC(=O)Cl.C=CC(=O)OCCCBr.OCCCBr. The fourth-order valence-corrected chi connectivity index (χ4v) is 0.826. The van der Waals surface area contributed by atoms with Crippen molar-refractivity contribution in [1.29, 1.82) is 0 Å². The zero-order valence-corrected chi connectivity index (χ0v) is 14.5. The molecule has 0 atom stereocenters. The van der Waals surface area contributed by atoms with Crippen LogP contribution < -0.4 is 0 Å². The lowest BCUT2D eigenvalue weighted by Gasteiger charge is -1.96. The fourth-order valence-electron chi connectivity index (χ4n) is 0.346. The van der Waals surface area contributed by atoms with Crippen LogP contribution in [0.15, 0.2) is 25.3 Å². The standard InChI is InChI=1S/C6H9BrO2.C3H7BrO.C3H3ClO/c1-2-6(8)9-5-3-4-7;4-2-1-3-5;1-2-3(4)5/h2H,1,3-5H2;5H,1-3H2;2H,1H2. The monoisotopic (exact) mass is 420 g/mol. The molecule has 0 aromatic heterocycles. The molecule has 0 saturated carbocycles. The number of esters is 1. The van der Waals surface area contributed by atoms with Gasteiger partial charge in [0.2, 0.25) is 5.24 Å². The normalized spacial score (nSPS) is 8.00. The predicted octanol–water partition coefficient (Wildman–Crippen LogP) is 3.20. The summed E-state index contributed by atoms with van der Waals surface area (Å²) in [5, 5.41) is 9.29. The van der Waals surface area contributed by atoms with Crippen LogP contribution in [0.25, 0.3) is 0 Å². The molecule has 0 bridgehead atoms. The third-order valence-electron chi connectivity index (χ3n) is 1.14. The van der Waals surface area contributed by atoms with Gasteiger partial charge in [-0.05, 0) is 30.5 Å². The summed E-state index contributed by atoms with van der Waals surface area (Å²) in [5.41, 5.74) is 0. The van der Waals surface area contributed by atoms with Crippen LogP contribution in [0, 0.1) is 0 Å². The van der Waals surface area contributed by atoms with Crippen LogP contribution in [0.4, 0.5) is 0 Å². The second-order valence-electron chi connectivity index (χ2n) is 2.69. The van der Waals surface area contributed by atoms with Crippen molar-refractivity contribution in [2.75, 3.05) is 23.9 Å². The van der Waals surface area contributed by atoms with Crippen LogP contribution in [-0.4, -0.2) is 40.2 Å². The maximum absolute atomic E-state index is 10.3. The third-order valence-corrected chi connectivity index (χ3v) is 2.42. The van der Waals surface area contributed by atoms with Gasteiger partial charge in [-0.15, -0.1) is 0 Å². The molecular formula is C12H19Br2ClO4. The molecule has 0 unspecified atom stereocenters. The zero-order valence-electron chi connectivity index (χ0n) is 10.6. The Labute approximate surface area is 136 Å². The Morgan fingerprint density at radius 2 is 1.63 bits per heavy atom. The number of halogens is 3. The van der Waals surface area contributed by atoms with Gasteiger partial charge in [0.1, 0.15) is 0 Å². The Morgan fingerprint density at radius 3 is 1.84 bits per heavy atom. The average molecular weight is 423 g/mol. The number of hydrogen-bond acceptors (Lipinski definition) is 4. The van der Waals surface area contributed by atoms with Crippen molar-refractivity contribution in [2.45, 2.75) is 12.8 Å². The molecule has 7 heteroatoms. The van der Waals surface area contributed by atoms with E-state index in [-0.39, 0.29) is 5.97 Å². The summed E-state index contributed by atoms with van der Waals surface area (Å²) in [5.74, 6) is -0.351. The number of alkyl halides is 2. The number of allylic oxidation sites excluding steroid dienone is 1. The molecule has 0 radical (unpaired) electrons. The van der Waals surface area contributed by atoms with Crippen molar-refractivity contribution in [3.8, 4) is 0 Å². The first-order chi connectivity index (χ1) is 8.99. The van der Waals surface area contributed by atoms with E-state index in [1.807, 2.05) is 0 Å². The largest absolute Gasteiger partial charge is 0.463 e. The van der Waals surface area contributed by atoms with Crippen LogP contribution in [0.2, 0.25) is 0 Å². The number of hydrogen-bond donors (Lipinski definition) is 1. The highest BCUT2D eigenvalue weighted by molar-refractivity contribution is 9.09. The minimum Gasteiger partial charge on any atom is -0.463 e. The first-order valence-electron chi connectivity index (χ1n) is 5.33. The highest BCUT2D eigenvalue weighted by Crippen LogP contribution is 1.88. The smallest absolute Gasteiger partial charge is 0.330 e. The van der Waals surface area contributed by atoms with E-state index in [2.05, 4.69) is 49.8 Å². The fraction of sp³-hybridized carbons (Fsp3) is 0.500. The molecule has 4 nitrogen and oxygen atoms in total. The molecule has 0 aromatic rings. The highest BCUT2D eigenvalue weighted by Gasteiger charge is 1.91. The number of aliphatic hydroxyl groups is 1. The van der Waals surface area contributed by atoms with Crippen molar-refractivity contribution in [3.63, 3.8) is 0 Å². The highest BCUT2D eigenvalue weighted by atomic mass is 79.9. The molecule has 0 aromatic carbocycles. The summed E-state index contributed by atoms with van der Waals surface area (Å²) < 4.78 is 4.64. The van der Waals surface area contributed by atoms with E-state index in [1.54, 1.807) is 0 Å². The molecule has 0 heterocycles. The minimum atomic E-state index is -0.509. The minimum absolute atomic E-state index is 0.297. The summed E-state index contributed by atoms with van der Waals surface area (Å²) in [4.78, 5) is 19.8. The molecule has 0 aliphatic rings. The zero-order chi connectivity index (χ0) is 15.5. The summed E-state index contributed by atoms with van der Waals surface area (Å²) >= 11 is 11.1. The third kappa shape index (κ3) is 38.1. The molecule has 0 fully saturated rings. The molecule has 0 saturated heterocycles. The van der Waals surface area contributed by atoms with Crippen molar-refractivity contribution >= 4 is 54.7 Å². The molecule has 0 aliphatic carbocycles. The van der Waals surface area contributed by atoms with Gasteiger partial charge in [-0.3, -0.25) is 4.79 Å². The van der Waals surface area contributed by atoms with E-state index >= 15 is 0 Å². The lowest BCUT2D eigenvalue weighted by molar-refractivity contribution is -0.137. The number of ether oxygens (including phenoxy) is 1. The number of carbonyl (C=O) groups is 2. The quantitative estimate of drug-likeness (QED) is 0.225. The predicted molar refractivity (Wildman–Crippen MR) is 86.1 cm³/mol. The van der Waals surface area contributed by atoms with E-state index in [1.165, 1.54) is 0 Å². The van der Waals surface area contributed by atoms with Crippen LogP contribution in [0.1, 0.15) is 12.8 Å². The van der Waals surface area contributed by atoms with Gasteiger partial charge in [-0.2, -0.15) is 0 Å². The molecule has 112 valence electrons. The lowest BCUT2D eigenvalue weighted by atomic mass is 10.5. The van der Waals surface area contributed by atoms with Gasteiger partial charge in [0.15, 0.2) is 0 Å². The van der Waals surface area contributed by atoms with Crippen LogP contribution in [0.5, 0.6) is 0 Å². The molecule has 0 aliphatic heterocycles. The first-order valence-corrected chi connectivity index (χ1v) is 7.96. The molecule has 0 amide bonds. The Bertz CT molecular complexity index is 246. The second kappa shape index (κ2) is 23.0. The molecular weight excluding hydrogens is 403 g/mol. The lowest BCUT2D eigenvalue weighted by Crippen LogP contribution is -2.01. The van der Waals surface area contributed by atoms with Gasteiger partial charge >= 0.3 is 5.97 Å². The van der Waals surface area contributed by atoms with Gasteiger partial charge in [0, 0.05) is 23.3 Å². The van der Waals surface area contributed by atoms with E-state index in [4.69, 9.17) is 16.7 Å². The summed E-state index contributed by atoms with van der Waals surface area (Å²) in [6.45, 7) is 7.10. The average Bonchev–Trinajstić information content (AvgIpc) is 2.41. The molecule has 0 rings (SSSR count). The van der Waals surface area contributed by atoms with Crippen LogP contribution >= 0.6 is 43.5 Å². The van der Waals surface area contributed by atoms with Gasteiger partial charge in [-0.25, -0.2) is 4.79 Å². The van der Waals surface area contributed by atoms with Gasteiger partial charge < -0.3 is 9.84 Å². The Balaban J connectivity index is -0.000000219. The van der Waals surface area contributed by atoms with Crippen molar-refractivity contribution in [2.24, 2.45) is 0 Å². The van der Waals surface area contributed by atoms with Gasteiger partial charge in [0.05, 0.1) is 6.61 Å². The maximum Gasteiger partial charge on any atom is 0.330 e. The van der Waals surface area contributed by atoms with E-state index in [9.17, 15) is 9.59 Å². The Morgan fingerprint density at radius 1 is 1.16 bits per heavy atom. The molecule has 19 heavy (non-hydrogen) atoms. The summed E-state index contributed by atoms with van der Waals surface area (Å²) in [6.07, 6.45) is 3.91. The van der Waals surface area contributed by atoms with Crippen molar-refractivity contribution in [1.82, 2.24) is 0 Å². The number of carbonyl (C=O) groups excluding carboxylic acids is 2. The summed E-state index contributed by atoms with van der Waals surface area (Å²) in [7, 11) is 0. The van der Waals surface area contributed by atoms with Crippen molar-refractivity contribution in [3.05, 3.63) is 25.3 Å². The van der Waals surface area contributed by atoms with E-state index in [0.717, 1.165) is 35.7 Å². The maximum atomic E-state index is 10.3. The van der Waals surface area contributed by atoms with Gasteiger partial charge in [0.25, 0.3) is 0 Å². The number of aliphatic hydroxyl groups excluding tert-OH is 1. The summed E-state index contributed by atoms with van der Waals surface area (Å²) in [6, 6.07) is 0. The van der Waals surface area contributed by atoms with Gasteiger partial charge in [-0.1, -0.05) is 45.0 Å². The van der Waals surface area contributed by atoms with Crippen LogP contribution in [-0.2, 0) is 14.3 Å². The number of rotatable bonds is 7. The Kier molecular flexibility index (Phi) is 28.9. The second-order valence-corrected chi connectivity index (χ2v) is 4.65. The van der Waals surface area contributed by atoms with E-state index in [0.29, 0.717) is 13.2 Å². The first kappa shape index (κ1) is 23.9. The van der Waals surface area contributed by atoms with Crippen molar-refractivity contribution < 1.29 is 19.4 Å². The Hall–Kier alpha value is -0.170. The molecule has 1 N–H and O–H groups in total. The topological polar surface area (TPSA) is 63.6 Å². The molecule has 0 spiro atoms. The van der Waals surface area contributed by atoms with Crippen LogP contribution in [0.3, 0.4) is 0 Å². The van der Waals surface area contributed by atoms with E-state index < -0.39 is 5.24 Å².